The molecule has 10 heteroatoms. The minimum absolute atomic E-state index is 0.202. The summed E-state index contributed by atoms with van der Waals surface area (Å²) in [5.74, 6) is 0.524. The van der Waals surface area contributed by atoms with Gasteiger partial charge < -0.3 is 15.4 Å². The van der Waals surface area contributed by atoms with Gasteiger partial charge in [0.15, 0.2) is 10.9 Å². The topological polar surface area (TPSA) is 69.2 Å². The number of aromatic nitrogens is 3. The fourth-order valence-electron chi connectivity index (χ4n) is 4.99. The van der Waals surface area contributed by atoms with E-state index in [4.69, 9.17) is 18.0 Å². The van der Waals surface area contributed by atoms with Gasteiger partial charge in [0.05, 0.1) is 5.69 Å². The van der Waals surface area contributed by atoms with Crippen LogP contribution in [0.4, 0.5) is 18.9 Å². The number of hydrogen-bond acceptors (Lipinski definition) is 4. The molecule has 6 nitrogen and oxygen atoms in total. The van der Waals surface area contributed by atoms with Crippen molar-refractivity contribution in [3.05, 3.63) is 89.7 Å². The predicted molar refractivity (Wildman–Crippen MR) is 149 cm³/mol. The van der Waals surface area contributed by atoms with E-state index in [1.807, 2.05) is 12.1 Å². The second kappa shape index (κ2) is 10.7. The van der Waals surface area contributed by atoms with E-state index >= 15 is 0 Å². The fraction of sp³-hybridized carbons (Fsp3) is 0.276. The highest BCUT2D eigenvalue weighted by molar-refractivity contribution is 7.80. The first-order chi connectivity index (χ1) is 18.7. The van der Waals surface area contributed by atoms with Crippen LogP contribution in [-0.2, 0) is 12.8 Å². The summed E-state index contributed by atoms with van der Waals surface area (Å²) in [6, 6.07) is 20.2. The fourth-order valence-corrected chi connectivity index (χ4v) is 5.22. The molecule has 4 aromatic rings. The van der Waals surface area contributed by atoms with Crippen LogP contribution in [0, 0.1) is 0 Å². The minimum atomic E-state index is -4.73. The lowest BCUT2D eigenvalue weighted by molar-refractivity contribution is -0.274. The summed E-state index contributed by atoms with van der Waals surface area (Å²) in [7, 11) is 0. The smallest absolute Gasteiger partial charge is 0.406 e. The number of nitrogens with two attached hydrogens (primary N) is 1. The van der Waals surface area contributed by atoms with Crippen molar-refractivity contribution < 1.29 is 17.9 Å². The average Bonchev–Trinajstić information content (AvgIpc) is 3.53. The molecule has 0 saturated heterocycles. The molecule has 0 aliphatic heterocycles. The van der Waals surface area contributed by atoms with E-state index in [9.17, 15) is 13.2 Å². The van der Waals surface area contributed by atoms with Gasteiger partial charge in [-0.25, -0.2) is 9.67 Å². The molecule has 1 fully saturated rings. The van der Waals surface area contributed by atoms with E-state index in [-0.39, 0.29) is 11.8 Å². The first kappa shape index (κ1) is 26.7. The Labute approximate surface area is 230 Å². The zero-order chi connectivity index (χ0) is 27.7. The predicted octanol–water partition coefficient (Wildman–Crippen LogP) is 6.56. The van der Waals surface area contributed by atoms with Crippen LogP contribution < -0.4 is 15.4 Å². The van der Waals surface area contributed by atoms with Crippen molar-refractivity contribution >= 4 is 23.0 Å². The van der Waals surface area contributed by atoms with Crippen LogP contribution >= 0.6 is 12.2 Å². The van der Waals surface area contributed by atoms with E-state index in [1.54, 1.807) is 0 Å². The number of aryl methyl sites for hydroxylation is 2. The van der Waals surface area contributed by atoms with Crippen LogP contribution in [0.5, 0.6) is 5.75 Å². The molecule has 2 N–H and O–H groups in total. The minimum Gasteiger partial charge on any atom is -0.406 e. The van der Waals surface area contributed by atoms with Crippen LogP contribution in [0.1, 0.15) is 42.9 Å². The molecule has 5 rings (SSSR count). The van der Waals surface area contributed by atoms with Gasteiger partial charge in [-0.05, 0) is 72.4 Å². The lowest BCUT2D eigenvalue weighted by Gasteiger charge is -2.28. The van der Waals surface area contributed by atoms with Crippen molar-refractivity contribution in [3.63, 3.8) is 0 Å². The van der Waals surface area contributed by atoms with E-state index in [0.717, 1.165) is 30.5 Å². The maximum Gasteiger partial charge on any atom is 0.573 e. The zero-order valence-corrected chi connectivity index (χ0v) is 22.3. The molecular formula is C29H28F3N5OS. The SMILES string of the molecule is CCc1cccc(CC)c1N(C(N)=S)C1CC1c1ccc(-c2ncn(-c3ccc(OC(F)(F)F)cc3)n2)cc1. The van der Waals surface area contributed by atoms with Crippen LogP contribution in [0.25, 0.3) is 17.1 Å². The number of thiocarbonyl (C=S) groups is 1. The van der Waals surface area contributed by atoms with Crippen LogP contribution in [-0.4, -0.2) is 32.3 Å². The van der Waals surface area contributed by atoms with Crippen molar-refractivity contribution in [1.29, 1.82) is 0 Å². The Kier molecular flexibility index (Phi) is 7.31. The molecule has 2 atom stereocenters. The Morgan fingerprint density at radius 2 is 1.67 bits per heavy atom. The Balaban J connectivity index is 1.31. The van der Waals surface area contributed by atoms with Crippen molar-refractivity contribution in [2.75, 3.05) is 4.90 Å². The van der Waals surface area contributed by atoms with Gasteiger partial charge in [-0.15, -0.1) is 18.3 Å². The first-order valence-electron chi connectivity index (χ1n) is 12.8. The maximum atomic E-state index is 12.4. The quantitative estimate of drug-likeness (QED) is 0.250. The summed E-state index contributed by atoms with van der Waals surface area (Å²) in [5.41, 5.74) is 12.5. The Bertz CT molecular complexity index is 1450. The molecule has 0 bridgehead atoms. The Morgan fingerprint density at radius 1 is 1.03 bits per heavy atom. The number of para-hydroxylation sites is 1. The summed E-state index contributed by atoms with van der Waals surface area (Å²) in [6.07, 6.45) is -0.449. The maximum absolute atomic E-state index is 12.4. The number of halogens is 3. The molecule has 202 valence electrons. The molecule has 1 heterocycles. The molecule has 39 heavy (non-hydrogen) atoms. The number of rotatable bonds is 8. The van der Waals surface area contributed by atoms with Crippen LogP contribution in [0.2, 0.25) is 0 Å². The van der Waals surface area contributed by atoms with Crippen LogP contribution in [0.3, 0.4) is 0 Å². The van der Waals surface area contributed by atoms with Gasteiger partial charge in [-0.1, -0.05) is 56.3 Å². The van der Waals surface area contributed by atoms with Gasteiger partial charge in [-0.3, -0.25) is 0 Å². The highest BCUT2D eigenvalue weighted by Crippen LogP contribution is 2.48. The molecule has 1 aromatic heterocycles. The van der Waals surface area contributed by atoms with E-state index < -0.39 is 6.36 Å². The lowest BCUT2D eigenvalue weighted by Crippen LogP contribution is -2.39. The van der Waals surface area contributed by atoms with Gasteiger partial charge in [0.1, 0.15) is 12.1 Å². The Morgan fingerprint density at radius 3 is 2.23 bits per heavy atom. The number of alkyl halides is 3. The van der Waals surface area contributed by atoms with Gasteiger partial charge in [-0.2, -0.15) is 0 Å². The first-order valence-corrected chi connectivity index (χ1v) is 13.2. The van der Waals surface area contributed by atoms with Crippen molar-refractivity contribution in [2.24, 2.45) is 5.73 Å². The normalized spacial score (nSPS) is 16.6. The lowest BCUT2D eigenvalue weighted by atomic mass is 10.0. The number of anilines is 1. The average molecular weight is 552 g/mol. The monoisotopic (exact) mass is 551 g/mol. The molecule has 0 radical (unpaired) electrons. The molecule has 0 amide bonds. The molecule has 0 spiro atoms. The zero-order valence-electron chi connectivity index (χ0n) is 21.5. The third-order valence-corrected chi connectivity index (χ3v) is 7.15. The highest BCUT2D eigenvalue weighted by atomic mass is 32.1. The van der Waals surface area contributed by atoms with Gasteiger partial charge in [0.2, 0.25) is 0 Å². The third kappa shape index (κ3) is 5.75. The van der Waals surface area contributed by atoms with Gasteiger partial charge in [0.25, 0.3) is 0 Å². The molecular weight excluding hydrogens is 523 g/mol. The summed E-state index contributed by atoms with van der Waals surface area (Å²) in [6.45, 7) is 4.29. The summed E-state index contributed by atoms with van der Waals surface area (Å²) < 4.78 is 42.7. The highest BCUT2D eigenvalue weighted by Gasteiger charge is 2.45. The summed E-state index contributed by atoms with van der Waals surface area (Å²) in [4.78, 5) is 6.52. The van der Waals surface area contributed by atoms with Crippen molar-refractivity contribution in [3.8, 4) is 22.8 Å². The van der Waals surface area contributed by atoms with Gasteiger partial charge >= 0.3 is 6.36 Å². The second-order valence-electron chi connectivity index (χ2n) is 9.43. The molecule has 2 unspecified atom stereocenters. The Hall–Kier alpha value is -3.92. The number of hydrogen-bond donors (Lipinski definition) is 1. The van der Waals surface area contributed by atoms with Crippen molar-refractivity contribution in [1.82, 2.24) is 14.8 Å². The van der Waals surface area contributed by atoms with Gasteiger partial charge in [0, 0.05) is 23.2 Å². The number of benzene rings is 3. The molecule has 1 saturated carbocycles. The van der Waals surface area contributed by atoms with Crippen molar-refractivity contribution in [2.45, 2.75) is 51.4 Å². The molecule has 1 aliphatic carbocycles. The molecule has 3 aromatic carbocycles. The number of nitrogens with zero attached hydrogens (tertiary/aromatic N) is 4. The van der Waals surface area contributed by atoms with E-state index in [0.29, 0.717) is 22.5 Å². The summed E-state index contributed by atoms with van der Waals surface area (Å²) in [5, 5.41) is 4.88. The van der Waals surface area contributed by atoms with E-state index in [2.05, 4.69) is 63.9 Å². The largest absolute Gasteiger partial charge is 0.573 e. The van der Waals surface area contributed by atoms with Crippen LogP contribution in [0.15, 0.2) is 73.1 Å². The third-order valence-electron chi connectivity index (χ3n) is 6.96. The molecule has 1 aliphatic rings. The van der Waals surface area contributed by atoms with E-state index in [1.165, 1.54) is 52.0 Å². The number of ether oxygens (including phenoxy) is 1. The standard InChI is InChI=1S/C29H28F3N5OS/c1-3-18-6-5-7-19(4-2)26(18)37(28(33)39)25-16-24(25)20-8-10-21(11-9-20)27-34-17-36(35-27)22-12-14-23(15-13-22)38-29(30,31)32/h5-15,17,24-25H,3-4,16H2,1-2H3,(H2,33,39). The second-order valence-corrected chi connectivity index (χ2v) is 9.84. The summed E-state index contributed by atoms with van der Waals surface area (Å²) >= 11 is 5.52.